The lowest BCUT2D eigenvalue weighted by Crippen LogP contribution is -2.38. The fourth-order valence-electron chi connectivity index (χ4n) is 3.76. The van der Waals surface area contributed by atoms with Crippen LogP contribution in [-0.2, 0) is 0 Å². The largest absolute Gasteiger partial charge is 0.497 e. The summed E-state index contributed by atoms with van der Waals surface area (Å²) in [5.74, 6) is 1.71. The molecule has 2 aromatic carbocycles. The number of rotatable bonds is 7. The first-order valence-electron chi connectivity index (χ1n) is 10.0. The summed E-state index contributed by atoms with van der Waals surface area (Å²) in [5, 5.41) is 10.4. The molecule has 0 amide bonds. The van der Waals surface area contributed by atoms with Crippen molar-refractivity contribution in [2.45, 2.75) is 26.4 Å². The van der Waals surface area contributed by atoms with Crippen LogP contribution in [0.25, 0.3) is 0 Å². The van der Waals surface area contributed by atoms with Gasteiger partial charge >= 0.3 is 0 Å². The Morgan fingerprint density at radius 2 is 1.64 bits per heavy atom. The molecule has 1 saturated heterocycles. The van der Waals surface area contributed by atoms with Gasteiger partial charge in [0.15, 0.2) is 0 Å². The summed E-state index contributed by atoms with van der Waals surface area (Å²) in [6.45, 7) is 8.99. The van der Waals surface area contributed by atoms with Gasteiger partial charge in [-0.05, 0) is 74.3 Å². The Hall–Kier alpha value is -2.24. The van der Waals surface area contributed by atoms with Crippen LogP contribution in [0.15, 0.2) is 42.5 Å². The maximum atomic E-state index is 10.4. The number of β-amino-alcohol motifs (C(OH)–C–C–N with tert-alkyl or cyclic N) is 1. The summed E-state index contributed by atoms with van der Waals surface area (Å²) in [6.07, 6.45) is 0.588. The Kier molecular flexibility index (Phi) is 7.18. The van der Waals surface area contributed by atoms with Crippen LogP contribution in [0.3, 0.4) is 0 Å². The molecule has 1 atom stereocenters. The molecule has 0 spiro atoms. The minimum Gasteiger partial charge on any atom is -0.497 e. The second-order valence-electron chi connectivity index (χ2n) is 7.63. The number of aryl methyl sites for hydroxylation is 2. The van der Waals surface area contributed by atoms with Crippen molar-refractivity contribution in [3.05, 3.63) is 53.6 Å². The molecule has 1 N–H and O–H groups in total. The summed E-state index contributed by atoms with van der Waals surface area (Å²) in [6, 6.07) is 14.4. The van der Waals surface area contributed by atoms with Crippen LogP contribution in [0, 0.1) is 13.8 Å². The van der Waals surface area contributed by atoms with E-state index in [2.05, 4.69) is 41.8 Å². The molecule has 0 saturated carbocycles. The highest BCUT2D eigenvalue weighted by Crippen LogP contribution is 2.21. The number of nitrogens with zero attached hydrogens (tertiary/aromatic N) is 2. The summed E-state index contributed by atoms with van der Waals surface area (Å²) < 4.78 is 11.1. The predicted octanol–water partition coefficient (Wildman–Crippen LogP) is 3.26. The zero-order valence-corrected chi connectivity index (χ0v) is 17.2. The highest BCUT2D eigenvalue weighted by molar-refractivity contribution is 5.49. The van der Waals surface area contributed by atoms with Gasteiger partial charge in [-0.2, -0.15) is 0 Å². The van der Waals surface area contributed by atoms with E-state index in [1.807, 2.05) is 24.3 Å². The zero-order chi connectivity index (χ0) is 19.9. The van der Waals surface area contributed by atoms with Gasteiger partial charge in [0, 0.05) is 31.9 Å². The third-order valence-electron chi connectivity index (χ3n) is 5.13. The highest BCUT2D eigenvalue weighted by atomic mass is 16.5. The van der Waals surface area contributed by atoms with E-state index in [0.29, 0.717) is 13.2 Å². The summed E-state index contributed by atoms with van der Waals surface area (Å²) in [5.41, 5.74) is 3.58. The van der Waals surface area contributed by atoms with Crippen molar-refractivity contribution in [2.75, 3.05) is 51.3 Å². The maximum absolute atomic E-state index is 10.4. The molecule has 1 unspecified atom stereocenters. The van der Waals surface area contributed by atoms with Crippen molar-refractivity contribution in [3.8, 4) is 11.5 Å². The first kappa shape index (κ1) is 20.5. The van der Waals surface area contributed by atoms with Crippen LogP contribution in [0.4, 0.5) is 5.69 Å². The molecule has 3 rings (SSSR count). The van der Waals surface area contributed by atoms with Crippen molar-refractivity contribution in [3.63, 3.8) is 0 Å². The number of hydrogen-bond donors (Lipinski definition) is 1. The van der Waals surface area contributed by atoms with E-state index < -0.39 is 6.10 Å². The molecular weight excluding hydrogens is 352 g/mol. The zero-order valence-electron chi connectivity index (χ0n) is 17.2. The Labute approximate surface area is 168 Å². The first-order valence-corrected chi connectivity index (χ1v) is 10.0. The lowest BCUT2D eigenvalue weighted by atomic mass is 10.1. The van der Waals surface area contributed by atoms with Crippen LogP contribution in [-0.4, -0.2) is 62.6 Å². The quantitative estimate of drug-likeness (QED) is 0.794. The number of benzene rings is 2. The number of methoxy groups -OCH3 is 1. The first-order chi connectivity index (χ1) is 13.5. The standard InChI is InChI=1S/C23H32N2O3/c1-18-13-19(2)15-23(14-18)28-17-21(26)16-24-9-4-10-25(12-11-24)20-5-7-22(27-3)8-6-20/h5-8,13-15,21,26H,4,9-12,16-17H2,1-3H3. The van der Waals surface area contributed by atoms with Crippen molar-refractivity contribution >= 4 is 5.69 Å². The number of ether oxygens (including phenoxy) is 2. The normalized spacial score (nSPS) is 16.5. The molecule has 5 heteroatoms. The predicted molar refractivity (Wildman–Crippen MR) is 114 cm³/mol. The Morgan fingerprint density at radius 1 is 0.929 bits per heavy atom. The Balaban J connectivity index is 1.47. The third-order valence-corrected chi connectivity index (χ3v) is 5.13. The molecule has 2 aromatic rings. The fourth-order valence-corrected chi connectivity index (χ4v) is 3.76. The highest BCUT2D eigenvalue weighted by Gasteiger charge is 2.18. The SMILES string of the molecule is COc1ccc(N2CCCN(CC(O)COc3cc(C)cc(C)c3)CC2)cc1. The lowest BCUT2D eigenvalue weighted by Gasteiger charge is -2.25. The molecule has 0 radical (unpaired) electrons. The molecule has 0 bridgehead atoms. The number of hydrogen-bond acceptors (Lipinski definition) is 5. The van der Waals surface area contributed by atoms with E-state index >= 15 is 0 Å². The van der Waals surface area contributed by atoms with Gasteiger partial charge in [-0.15, -0.1) is 0 Å². The molecular formula is C23H32N2O3. The summed E-state index contributed by atoms with van der Waals surface area (Å²) in [4.78, 5) is 4.73. The van der Waals surface area contributed by atoms with Crippen LogP contribution >= 0.6 is 0 Å². The molecule has 1 aliphatic heterocycles. The molecule has 1 aliphatic rings. The van der Waals surface area contributed by atoms with E-state index in [1.54, 1.807) is 7.11 Å². The van der Waals surface area contributed by atoms with E-state index in [9.17, 15) is 5.11 Å². The van der Waals surface area contributed by atoms with E-state index in [4.69, 9.17) is 9.47 Å². The second-order valence-corrected chi connectivity index (χ2v) is 7.63. The Bertz CT molecular complexity index is 728. The minimum absolute atomic E-state index is 0.321. The summed E-state index contributed by atoms with van der Waals surface area (Å²) >= 11 is 0. The van der Waals surface area contributed by atoms with E-state index in [-0.39, 0.29) is 0 Å². The summed E-state index contributed by atoms with van der Waals surface area (Å²) in [7, 11) is 1.69. The van der Waals surface area contributed by atoms with Gasteiger partial charge in [-0.25, -0.2) is 0 Å². The van der Waals surface area contributed by atoms with Gasteiger partial charge in [0.25, 0.3) is 0 Å². The van der Waals surface area contributed by atoms with Crippen molar-refractivity contribution in [1.29, 1.82) is 0 Å². The molecule has 1 heterocycles. The van der Waals surface area contributed by atoms with Crippen LogP contribution in [0.2, 0.25) is 0 Å². The average Bonchev–Trinajstić information content (AvgIpc) is 2.91. The number of anilines is 1. The van der Waals surface area contributed by atoms with Crippen LogP contribution < -0.4 is 14.4 Å². The maximum Gasteiger partial charge on any atom is 0.119 e. The fraction of sp³-hybridized carbons (Fsp3) is 0.478. The van der Waals surface area contributed by atoms with Crippen molar-refractivity contribution in [1.82, 2.24) is 4.90 Å². The van der Waals surface area contributed by atoms with Gasteiger partial charge in [0.1, 0.15) is 24.2 Å². The van der Waals surface area contributed by atoms with Crippen molar-refractivity contribution < 1.29 is 14.6 Å². The van der Waals surface area contributed by atoms with Gasteiger partial charge < -0.3 is 19.5 Å². The number of aliphatic hydroxyl groups is 1. The average molecular weight is 385 g/mol. The molecule has 152 valence electrons. The van der Waals surface area contributed by atoms with Crippen LogP contribution in [0.5, 0.6) is 11.5 Å². The lowest BCUT2D eigenvalue weighted by molar-refractivity contribution is 0.0704. The number of aliphatic hydroxyl groups excluding tert-OH is 1. The third kappa shape index (κ3) is 5.88. The van der Waals surface area contributed by atoms with Gasteiger partial charge in [-0.1, -0.05) is 6.07 Å². The van der Waals surface area contributed by atoms with Crippen molar-refractivity contribution in [2.24, 2.45) is 0 Å². The van der Waals surface area contributed by atoms with E-state index in [0.717, 1.165) is 44.1 Å². The monoisotopic (exact) mass is 384 g/mol. The molecule has 28 heavy (non-hydrogen) atoms. The molecule has 0 aromatic heterocycles. The second kappa shape index (κ2) is 9.80. The van der Waals surface area contributed by atoms with Gasteiger partial charge in [-0.3, -0.25) is 4.90 Å². The van der Waals surface area contributed by atoms with Gasteiger partial charge in [0.2, 0.25) is 0 Å². The molecule has 1 fully saturated rings. The smallest absolute Gasteiger partial charge is 0.119 e. The molecule has 5 nitrogen and oxygen atoms in total. The Morgan fingerprint density at radius 3 is 2.32 bits per heavy atom. The van der Waals surface area contributed by atoms with E-state index in [1.165, 1.54) is 16.8 Å². The van der Waals surface area contributed by atoms with Gasteiger partial charge in [0.05, 0.1) is 7.11 Å². The minimum atomic E-state index is -0.492. The topological polar surface area (TPSA) is 45.2 Å². The van der Waals surface area contributed by atoms with Crippen LogP contribution in [0.1, 0.15) is 17.5 Å². The molecule has 0 aliphatic carbocycles.